The van der Waals surface area contributed by atoms with Crippen LogP contribution < -0.4 is 5.56 Å². The van der Waals surface area contributed by atoms with Crippen molar-refractivity contribution < 1.29 is 9.53 Å². The molecule has 3 aromatic heterocycles. The lowest BCUT2D eigenvalue weighted by Crippen LogP contribution is -2.36. The average molecular weight is 496 g/mol. The fourth-order valence-electron chi connectivity index (χ4n) is 6.15. The molecule has 2 aromatic carbocycles. The number of carbonyl (C=O) groups excluding carboxylic acids is 1. The molecular weight excluding hydrogens is 466 g/mol. The lowest BCUT2D eigenvalue weighted by Gasteiger charge is -2.28. The predicted molar refractivity (Wildman–Crippen MR) is 142 cm³/mol. The van der Waals surface area contributed by atoms with E-state index in [0.29, 0.717) is 42.9 Å². The summed E-state index contributed by atoms with van der Waals surface area (Å²) in [6.07, 6.45) is 4.22. The number of aromatic nitrogens is 4. The van der Waals surface area contributed by atoms with Crippen molar-refractivity contribution in [3.8, 4) is 0 Å². The van der Waals surface area contributed by atoms with Gasteiger partial charge in [-0.15, -0.1) is 0 Å². The number of benzene rings is 2. The van der Waals surface area contributed by atoms with Gasteiger partial charge in [-0.3, -0.25) is 14.0 Å². The van der Waals surface area contributed by atoms with Gasteiger partial charge in [-0.1, -0.05) is 18.2 Å². The molecule has 1 amide bonds. The number of nitrogens with zero attached hydrogens (tertiary/aromatic N) is 3. The van der Waals surface area contributed by atoms with Crippen LogP contribution in [-0.2, 0) is 17.7 Å². The molecule has 2 aliphatic rings. The molecule has 0 unspecified atom stereocenters. The number of aryl methyl sites for hydroxylation is 2. The highest BCUT2D eigenvalue weighted by molar-refractivity contribution is 6.00. The van der Waals surface area contributed by atoms with E-state index in [1.807, 2.05) is 28.4 Å². The van der Waals surface area contributed by atoms with Crippen LogP contribution in [0.25, 0.3) is 27.5 Å². The molecule has 2 aliphatic heterocycles. The summed E-state index contributed by atoms with van der Waals surface area (Å²) in [5, 5.41) is 1.19. The van der Waals surface area contributed by atoms with Gasteiger partial charge >= 0.3 is 0 Å². The first kappa shape index (κ1) is 22.3. The van der Waals surface area contributed by atoms with Crippen LogP contribution in [0.3, 0.4) is 0 Å². The number of para-hydroxylation sites is 1. The van der Waals surface area contributed by atoms with E-state index in [2.05, 4.69) is 40.1 Å². The number of ether oxygens (including phenoxy) is 1. The second-order valence-corrected chi connectivity index (χ2v) is 10.4. The molecule has 8 nitrogen and oxygen atoms in total. The summed E-state index contributed by atoms with van der Waals surface area (Å²) in [6.45, 7) is 6.70. The number of rotatable bonds is 2. The van der Waals surface area contributed by atoms with Crippen LogP contribution in [0.1, 0.15) is 57.3 Å². The number of hydrogen-bond donors (Lipinski definition) is 2. The zero-order valence-corrected chi connectivity index (χ0v) is 21.1. The molecule has 37 heavy (non-hydrogen) atoms. The van der Waals surface area contributed by atoms with Gasteiger partial charge in [0.15, 0.2) is 0 Å². The molecule has 188 valence electrons. The van der Waals surface area contributed by atoms with Gasteiger partial charge in [0.1, 0.15) is 11.3 Å². The number of aromatic amines is 2. The van der Waals surface area contributed by atoms with Crippen molar-refractivity contribution in [2.75, 3.05) is 19.8 Å². The first-order valence-corrected chi connectivity index (χ1v) is 13.0. The van der Waals surface area contributed by atoms with Crippen LogP contribution in [0.5, 0.6) is 0 Å². The molecule has 0 atom stereocenters. The van der Waals surface area contributed by atoms with Crippen molar-refractivity contribution in [3.63, 3.8) is 0 Å². The molecule has 1 saturated heterocycles. The van der Waals surface area contributed by atoms with Crippen molar-refractivity contribution >= 4 is 33.4 Å². The van der Waals surface area contributed by atoms with Gasteiger partial charge in [0.2, 0.25) is 0 Å². The maximum absolute atomic E-state index is 13.8. The summed E-state index contributed by atoms with van der Waals surface area (Å²) in [7, 11) is 0. The molecule has 2 N–H and O–H groups in total. The minimum atomic E-state index is -0.197. The normalized spacial score (nSPS) is 16.6. The zero-order chi connectivity index (χ0) is 25.3. The number of hydrogen-bond acceptors (Lipinski definition) is 4. The fraction of sp³-hybridized carbons (Fsp3) is 0.345. The molecule has 5 heterocycles. The summed E-state index contributed by atoms with van der Waals surface area (Å²) in [4.78, 5) is 39.9. The maximum atomic E-state index is 13.8. The van der Waals surface area contributed by atoms with E-state index < -0.39 is 0 Å². The van der Waals surface area contributed by atoms with E-state index in [-0.39, 0.29) is 17.4 Å². The average Bonchev–Trinajstić information content (AvgIpc) is 3.52. The van der Waals surface area contributed by atoms with E-state index in [9.17, 15) is 9.59 Å². The molecular formula is C29H29N5O3. The molecule has 0 bridgehead atoms. The summed E-state index contributed by atoms with van der Waals surface area (Å²) < 4.78 is 7.52. The topological polar surface area (TPSA) is 95.5 Å². The van der Waals surface area contributed by atoms with Gasteiger partial charge in [-0.25, -0.2) is 4.98 Å². The standard InChI is InChI=1S/C29H29N5O3/c1-16-4-3-5-19-21-15-33(9-6-22(21)31-26(16)19)29(36)20-13-23-24(12-17(20)2)34-25(28(35)32-23)14-30-27(34)18-7-10-37-11-8-18/h3-5,12-14,18,31H,6-11,15H2,1-2H3,(H,32,35). The van der Waals surface area contributed by atoms with Crippen LogP contribution >= 0.6 is 0 Å². The molecule has 0 aliphatic carbocycles. The van der Waals surface area contributed by atoms with Crippen molar-refractivity contribution in [2.45, 2.75) is 45.6 Å². The number of carbonyl (C=O) groups is 1. The molecule has 8 heteroatoms. The quantitative estimate of drug-likeness (QED) is 0.380. The van der Waals surface area contributed by atoms with Gasteiger partial charge in [-0.05, 0) is 49.9 Å². The third-order valence-corrected chi connectivity index (χ3v) is 8.18. The van der Waals surface area contributed by atoms with Crippen LogP contribution in [-0.4, -0.2) is 49.9 Å². The number of fused-ring (bicyclic) bond motifs is 6. The van der Waals surface area contributed by atoms with Crippen LogP contribution in [0, 0.1) is 13.8 Å². The number of H-pyrrole nitrogens is 2. The van der Waals surface area contributed by atoms with Crippen LogP contribution in [0.15, 0.2) is 41.3 Å². The largest absolute Gasteiger partial charge is 0.381 e. The third-order valence-electron chi connectivity index (χ3n) is 8.18. The Morgan fingerprint density at radius 3 is 2.76 bits per heavy atom. The Morgan fingerprint density at radius 1 is 1.08 bits per heavy atom. The van der Waals surface area contributed by atoms with E-state index >= 15 is 0 Å². The van der Waals surface area contributed by atoms with Crippen LogP contribution in [0.2, 0.25) is 0 Å². The second-order valence-electron chi connectivity index (χ2n) is 10.4. The molecule has 0 spiro atoms. The van der Waals surface area contributed by atoms with Gasteiger partial charge in [-0.2, -0.15) is 0 Å². The summed E-state index contributed by atoms with van der Waals surface area (Å²) in [5.41, 5.74) is 8.16. The van der Waals surface area contributed by atoms with Crippen molar-refractivity contribution in [1.82, 2.24) is 24.3 Å². The fourth-order valence-corrected chi connectivity index (χ4v) is 6.15. The van der Waals surface area contributed by atoms with Crippen molar-refractivity contribution in [1.29, 1.82) is 0 Å². The number of amides is 1. The van der Waals surface area contributed by atoms with E-state index in [4.69, 9.17) is 4.74 Å². The van der Waals surface area contributed by atoms with E-state index in [1.165, 1.54) is 22.2 Å². The van der Waals surface area contributed by atoms with Gasteiger partial charge in [0.05, 0.1) is 17.2 Å². The third kappa shape index (κ3) is 3.43. The lowest BCUT2D eigenvalue weighted by molar-refractivity contribution is 0.0734. The Kier molecular flexibility index (Phi) is 5.01. The lowest BCUT2D eigenvalue weighted by atomic mass is 9.99. The molecule has 1 fully saturated rings. The zero-order valence-electron chi connectivity index (χ0n) is 21.1. The van der Waals surface area contributed by atoms with Gasteiger partial charge in [0.25, 0.3) is 11.5 Å². The van der Waals surface area contributed by atoms with Gasteiger partial charge < -0.3 is 19.6 Å². The number of nitrogens with one attached hydrogen (secondary N) is 2. The Labute approximate surface area is 213 Å². The minimum Gasteiger partial charge on any atom is -0.381 e. The second kappa shape index (κ2) is 8.31. The molecule has 0 radical (unpaired) electrons. The van der Waals surface area contributed by atoms with Crippen LogP contribution in [0.4, 0.5) is 0 Å². The van der Waals surface area contributed by atoms with Gasteiger partial charge in [0, 0.05) is 66.4 Å². The monoisotopic (exact) mass is 495 g/mol. The smallest absolute Gasteiger partial charge is 0.274 e. The summed E-state index contributed by atoms with van der Waals surface area (Å²) >= 11 is 0. The predicted octanol–water partition coefficient (Wildman–Crippen LogP) is 4.37. The molecule has 5 aromatic rings. The highest BCUT2D eigenvalue weighted by atomic mass is 16.5. The molecule has 7 rings (SSSR count). The SMILES string of the molecule is Cc1cc2c(cc1C(=O)N1CCc3[nH]c4c(C)cccc4c3C1)[nH]c(=O)c1cnc(C3CCOCC3)n12. The maximum Gasteiger partial charge on any atom is 0.274 e. The summed E-state index contributed by atoms with van der Waals surface area (Å²) in [6, 6.07) is 10.2. The minimum absolute atomic E-state index is 0.0108. The van der Waals surface area contributed by atoms with Crippen molar-refractivity contribution in [3.05, 3.63) is 80.7 Å². The molecule has 0 saturated carbocycles. The summed E-state index contributed by atoms with van der Waals surface area (Å²) in [5.74, 6) is 1.12. The number of imidazole rings is 1. The Hall–Kier alpha value is -3.91. The first-order valence-electron chi connectivity index (χ1n) is 13.0. The highest BCUT2D eigenvalue weighted by Gasteiger charge is 2.27. The van der Waals surface area contributed by atoms with E-state index in [1.54, 1.807) is 6.20 Å². The van der Waals surface area contributed by atoms with E-state index in [0.717, 1.165) is 41.7 Å². The highest BCUT2D eigenvalue weighted by Crippen LogP contribution is 2.32. The Morgan fingerprint density at radius 2 is 1.92 bits per heavy atom. The first-order chi connectivity index (χ1) is 18.0. The Balaban J connectivity index is 1.29. The Bertz CT molecular complexity index is 1770. The van der Waals surface area contributed by atoms with Crippen molar-refractivity contribution in [2.24, 2.45) is 0 Å².